The van der Waals surface area contributed by atoms with Crippen LogP contribution in [0, 0.1) is 0 Å². The maximum atomic E-state index is 11.6. The van der Waals surface area contributed by atoms with Crippen molar-refractivity contribution in [3.05, 3.63) is 28.3 Å². The lowest BCUT2D eigenvalue weighted by Gasteiger charge is -2.29. The summed E-state index contributed by atoms with van der Waals surface area (Å²) in [5, 5.41) is 20.1. The Hall–Kier alpha value is -1.51. The third-order valence-electron chi connectivity index (χ3n) is 3.55. The molecule has 0 aliphatic carbocycles. The number of hydrogen-bond donors (Lipinski definition) is 2. The molecule has 2 N–H and O–H groups in total. The molecule has 0 saturated heterocycles. The van der Waals surface area contributed by atoms with Crippen LogP contribution in [0.3, 0.4) is 0 Å². The first kappa shape index (κ1) is 16.5. The number of carboxylic acid groups (broad SMARTS) is 1. The molecule has 0 unspecified atom stereocenters. The van der Waals surface area contributed by atoms with E-state index in [2.05, 4.69) is 0 Å². The molecular weight excluding hydrogens is 252 g/mol. The molecule has 0 spiro atoms. The zero-order chi connectivity index (χ0) is 15.8. The van der Waals surface area contributed by atoms with E-state index in [0.29, 0.717) is 11.1 Å². The van der Waals surface area contributed by atoms with Gasteiger partial charge in [-0.05, 0) is 34.4 Å². The third-order valence-corrected chi connectivity index (χ3v) is 3.55. The Morgan fingerprint density at radius 3 is 1.90 bits per heavy atom. The number of aromatic hydroxyl groups is 1. The maximum absolute atomic E-state index is 11.6. The van der Waals surface area contributed by atoms with E-state index < -0.39 is 5.97 Å². The van der Waals surface area contributed by atoms with E-state index >= 15 is 0 Å². The SMILES string of the molecule is CC(C)c1cc(C(=O)O)c(C(C)(C)C)c(C(C)C)c1O. The summed E-state index contributed by atoms with van der Waals surface area (Å²) in [4.78, 5) is 11.6. The van der Waals surface area contributed by atoms with Crippen LogP contribution in [0.15, 0.2) is 6.07 Å². The van der Waals surface area contributed by atoms with Crippen LogP contribution in [0.1, 0.15) is 87.4 Å². The average Bonchev–Trinajstić information content (AvgIpc) is 2.25. The lowest BCUT2D eigenvalue weighted by molar-refractivity contribution is 0.0693. The Morgan fingerprint density at radius 2 is 1.60 bits per heavy atom. The smallest absolute Gasteiger partial charge is 0.336 e. The first-order chi connectivity index (χ1) is 8.98. The monoisotopic (exact) mass is 278 g/mol. The van der Waals surface area contributed by atoms with Crippen molar-refractivity contribution >= 4 is 5.97 Å². The number of carbonyl (C=O) groups is 1. The molecule has 20 heavy (non-hydrogen) atoms. The lowest BCUT2D eigenvalue weighted by Crippen LogP contribution is -2.21. The molecule has 0 radical (unpaired) electrons. The van der Waals surface area contributed by atoms with Crippen molar-refractivity contribution in [1.29, 1.82) is 0 Å². The topological polar surface area (TPSA) is 57.5 Å². The Morgan fingerprint density at radius 1 is 1.10 bits per heavy atom. The van der Waals surface area contributed by atoms with E-state index in [-0.39, 0.29) is 23.0 Å². The van der Waals surface area contributed by atoms with Gasteiger partial charge in [0.1, 0.15) is 5.75 Å². The summed E-state index contributed by atoms with van der Waals surface area (Å²) in [6.07, 6.45) is 0. The second-order valence-electron chi connectivity index (χ2n) is 7.02. The van der Waals surface area contributed by atoms with Crippen molar-refractivity contribution in [1.82, 2.24) is 0 Å². The molecule has 0 aromatic heterocycles. The zero-order valence-corrected chi connectivity index (χ0v) is 13.5. The second kappa shape index (κ2) is 5.47. The molecule has 0 aliphatic heterocycles. The van der Waals surface area contributed by atoms with E-state index in [1.54, 1.807) is 6.07 Å². The number of aromatic carboxylic acids is 1. The van der Waals surface area contributed by atoms with Crippen LogP contribution in [0.4, 0.5) is 0 Å². The number of benzene rings is 1. The Kier molecular flexibility index (Phi) is 4.52. The first-order valence-electron chi connectivity index (χ1n) is 7.12. The van der Waals surface area contributed by atoms with Crippen molar-refractivity contribution < 1.29 is 15.0 Å². The van der Waals surface area contributed by atoms with Gasteiger partial charge in [-0.2, -0.15) is 0 Å². The van der Waals surface area contributed by atoms with E-state index in [4.69, 9.17) is 0 Å². The molecule has 3 heteroatoms. The van der Waals surface area contributed by atoms with Crippen LogP contribution in [-0.4, -0.2) is 16.2 Å². The van der Waals surface area contributed by atoms with Gasteiger partial charge in [0, 0.05) is 5.56 Å². The molecule has 0 heterocycles. The maximum Gasteiger partial charge on any atom is 0.336 e. The Balaban J connectivity index is 3.89. The third kappa shape index (κ3) is 2.97. The van der Waals surface area contributed by atoms with E-state index in [1.165, 1.54) is 0 Å². The molecular formula is C17H26O3. The van der Waals surface area contributed by atoms with E-state index in [0.717, 1.165) is 11.1 Å². The van der Waals surface area contributed by atoms with Crippen LogP contribution >= 0.6 is 0 Å². The van der Waals surface area contributed by atoms with Gasteiger partial charge in [-0.25, -0.2) is 4.79 Å². The van der Waals surface area contributed by atoms with Gasteiger partial charge >= 0.3 is 5.97 Å². The largest absolute Gasteiger partial charge is 0.507 e. The molecule has 0 amide bonds. The zero-order valence-electron chi connectivity index (χ0n) is 13.5. The molecule has 0 bridgehead atoms. The van der Waals surface area contributed by atoms with Crippen molar-refractivity contribution in [2.24, 2.45) is 0 Å². The standard InChI is InChI=1S/C17H26O3/c1-9(2)11-8-12(16(19)20)14(17(5,6)7)13(10(3)4)15(11)18/h8-10,18H,1-7H3,(H,19,20). The molecule has 0 saturated carbocycles. The van der Waals surface area contributed by atoms with Gasteiger partial charge < -0.3 is 10.2 Å². The number of carboxylic acids is 1. The Labute approximate surface area is 121 Å². The fraction of sp³-hybridized carbons (Fsp3) is 0.588. The van der Waals surface area contributed by atoms with Crippen molar-refractivity contribution in [3.63, 3.8) is 0 Å². The summed E-state index contributed by atoms with van der Waals surface area (Å²) in [6, 6.07) is 1.63. The van der Waals surface area contributed by atoms with Crippen molar-refractivity contribution in [3.8, 4) is 5.75 Å². The second-order valence-corrected chi connectivity index (χ2v) is 7.02. The highest BCUT2D eigenvalue weighted by atomic mass is 16.4. The highest BCUT2D eigenvalue weighted by Crippen LogP contribution is 2.42. The Bertz CT molecular complexity index is 520. The lowest BCUT2D eigenvalue weighted by atomic mass is 9.75. The molecule has 1 aromatic rings. The highest BCUT2D eigenvalue weighted by molar-refractivity contribution is 5.91. The predicted molar refractivity (Wildman–Crippen MR) is 81.9 cm³/mol. The van der Waals surface area contributed by atoms with Gasteiger partial charge in [0.2, 0.25) is 0 Å². The van der Waals surface area contributed by atoms with Crippen LogP contribution in [0.5, 0.6) is 5.75 Å². The first-order valence-corrected chi connectivity index (χ1v) is 7.12. The van der Waals surface area contributed by atoms with Crippen LogP contribution in [0.2, 0.25) is 0 Å². The minimum Gasteiger partial charge on any atom is -0.507 e. The average molecular weight is 278 g/mol. The predicted octanol–water partition coefficient (Wildman–Crippen LogP) is 4.63. The number of rotatable bonds is 3. The molecule has 1 aromatic carbocycles. The van der Waals surface area contributed by atoms with Crippen molar-refractivity contribution in [2.75, 3.05) is 0 Å². The minimum atomic E-state index is -0.932. The highest BCUT2D eigenvalue weighted by Gasteiger charge is 2.30. The summed E-state index contributed by atoms with van der Waals surface area (Å²) in [6.45, 7) is 13.8. The summed E-state index contributed by atoms with van der Waals surface area (Å²) in [7, 11) is 0. The molecule has 112 valence electrons. The van der Waals surface area contributed by atoms with Gasteiger partial charge in [-0.1, -0.05) is 48.5 Å². The van der Waals surface area contributed by atoms with Crippen molar-refractivity contribution in [2.45, 2.75) is 65.7 Å². The van der Waals surface area contributed by atoms with Gasteiger partial charge in [0.05, 0.1) is 5.56 Å². The fourth-order valence-electron chi connectivity index (χ4n) is 2.69. The van der Waals surface area contributed by atoms with Crippen LogP contribution in [0.25, 0.3) is 0 Å². The quantitative estimate of drug-likeness (QED) is 0.847. The molecule has 3 nitrogen and oxygen atoms in total. The number of phenols is 1. The van der Waals surface area contributed by atoms with Crippen LogP contribution in [-0.2, 0) is 5.41 Å². The number of phenolic OH excluding ortho intramolecular Hbond substituents is 1. The minimum absolute atomic E-state index is 0.0704. The summed E-state index contributed by atoms with van der Waals surface area (Å²) < 4.78 is 0. The fourth-order valence-corrected chi connectivity index (χ4v) is 2.69. The number of hydrogen-bond acceptors (Lipinski definition) is 2. The van der Waals surface area contributed by atoms with Gasteiger partial charge in [0.15, 0.2) is 0 Å². The molecule has 1 rings (SSSR count). The van der Waals surface area contributed by atoms with Gasteiger partial charge in [-0.15, -0.1) is 0 Å². The van der Waals surface area contributed by atoms with Gasteiger partial charge in [0.25, 0.3) is 0 Å². The molecule has 0 atom stereocenters. The van der Waals surface area contributed by atoms with E-state index in [1.807, 2.05) is 48.5 Å². The summed E-state index contributed by atoms with van der Waals surface area (Å²) in [5.41, 5.74) is 2.19. The molecule has 0 fully saturated rings. The van der Waals surface area contributed by atoms with E-state index in [9.17, 15) is 15.0 Å². The summed E-state index contributed by atoms with van der Waals surface area (Å²) in [5.74, 6) is -0.524. The molecule has 0 aliphatic rings. The van der Waals surface area contributed by atoms with Gasteiger partial charge in [-0.3, -0.25) is 0 Å². The van der Waals surface area contributed by atoms with Crippen LogP contribution < -0.4 is 0 Å². The summed E-state index contributed by atoms with van der Waals surface area (Å²) >= 11 is 0. The normalized spacial score (nSPS) is 12.2.